The molecule has 0 saturated heterocycles. The van der Waals surface area contributed by atoms with E-state index >= 15 is 0 Å². The first-order valence-electron chi connectivity index (χ1n) is 11.9. The number of halogens is 1. The molecule has 0 bridgehead atoms. The molecule has 40 heavy (non-hydrogen) atoms. The van der Waals surface area contributed by atoms with E-state index in [0.29, 0.717) is 44.7 Å². The molecular weight excluding hydrogens is 568 g/mol. The zero-order valence-corrected chi connectivity index (χ0v) is 22.9. The molecule has 10 nitrogen and oxygen atoms in total. The first kappa shape index (κ1) is 25.7. The van der Waals surface area contributed by atoms with Crippen molar-refractivity contribution in [2.45, 2.75) is 10.1 Å². The van der Waals surface area contributed by atoms with Crippen molar-refractivity contribution in [3.8, 4) is 11.4 Å². The largest absolute Gasteiger partial charge is 0.349 e. The predicted molar refractivity (Wildman–Crippen MR) is 157 cm³/mol. The second-order valence-corrected chi connectivity index (χ2v) is 11.1. The lowest BCUT2D eigenvalue weighted by Gasteiger charge is -2.08. The van der Waals surface area contributed by atoms with E-state index in [1.807, 2.05) is 30.3 Å². The maximum absolute atomic E-state index is 13.2. The molecule has 0 saturated carbocycles. The number of anilines is 2. The zero-order valence-electron chi connectivity index (χ0n) is 20.5. The number of benzene rings is 3. The molecule has 0 aliphatic carbocycles. The molecule has 3 aromatic heterocycles. The summed E-state index contributed by atoms with van der Waals surface area (Å²) in [6.07, 6.45) is 0. The Bertz CT molecular complexity index is 1820. The van der Waals surface area contributed by atoms with E-state index in [0.717, 1.165) is 15.5 Å². The first-order chi connectivity index (χ1) is 19.5. The molecule has 6 rings (SSSR count). The number of nitrogens with zero attached hydrogens (tertiary/aromatic N) is 4. The fourth-order valence-electron chi connectivity index (χ4n) is 3.99. The lowest BCUT2D eigenvalue weighted by molar-refractivity contribution is 0.101. The molecule has 0 spiro atoms. The second kappa shape index (κ2) is 11.3. The van der Waals surface area contributed by atoms with Gasteiger partial charge in [0.25, 0.3) is 11.8 Å². The summed E-state index contributed by atoms with van der Waals surface area (Å²) in [5.41, 5.74) is 3.96. The van der Waals surface area contributed by atoms with Gasteiger partial charge in [0.05, 0.1) is 16.9 Å². The quantitative estimate of drug-likeness (QED) is 0.154. The Morgan fingerprint density at radius 3 is 2.62 bits per heavy atom. The van der Waals surface area contributed by atoms with Gasteiger partial charge in [0.15, 0.2) is 4.34 Å². The minimum Gasteiger partial charge on any atom is -0.349 e. The van der Waals surface area contributed by atoms with E-state index in [1.54, 1.807) is 47.5 Å². The monoisotopic (exact) mass is 586 g/mol. The number of fused-ring (bicyclic) bond motifs is 1. The fourth-order valence-corrected chi connectivity index (χ4v) is 5.93. The number of para-hydroxylation sites is 1. The summed E-state index contributed by atoms with van der Waals surface area (Å²) in [5.74, 6) is 0.347. The van der Waals surface area contributed by atoms with Crippen LogP contribution >= 0.6 is 34.7 Å². The lowest BCUT2D eigenvalue weighted by atomic mass is 10.1. The highest BCUT2D eigenvalue weighted by atomic mass is 35.5. The van der Waals surface area contributed by atoms with Gasteiger partial charge in [0.2, 0.25) is 5.82 Å². The van der Waals surface area contributed by atoms with Gasteiger partial charge in [-0.05, 0) is 41.1 Å². The summed E-state index contributed by atoms with van der Waals surface area (Å²) in [7, 11) is 0. The molecule has 0 radical (unpaired) electrons. The van der Waals surface area contributed by atoms with Crippen molar-refractivity contribution in [2.24, 2.45) is 0 Å². The fraction of sp³-hybridized carbons (Fsp3) is 0.0370. The number of aromatic amines is 2. The number of aromatic nitrogens is 6. The first-order valence-corrected chi connectivity index (χ1v) is 14.2. The molecule has 2 amide bonds. The normalized spacial score (nSPS) is 11.0. The Labute approximate surface area is 240 Å². The van der Waals surface area contributed by atoms with E-state index in [9.17, 15) is 9.59 Å². The molecular formula is C27H19ClN8O2S2. The zero-order chi connectivity index (χ0) is 27.5. The molecule has 13 heteroatoms. The third-order valence-electron chi connectivity index (χ3n) is 5.89. The molecule has 6 aromatic rings. The summed E-state index contributed by atoms with van der Waals surface area (Å²) in [6, 6.07) is 22.2. The molecule has 3 heterocycles. The van der Waals surface area contributed by atoms with Crippen LogP contribution in [0.1, 0.15) is 26.5 Å². The number of carbonyl (C=O) groups is 2. The number of tetrazole rings is 1. The van der Waals surface area contributed by atoms with Crippen LogP contribution in [0, 0.1) is 0 Å². The van der Waals surface area contributed by atoms with Crippen molar-refractivity contribution in [3.63, 3.8) is 0 Å². The van der Waals surface area contributed by atoms with E-state index in [4.69, 9.17) is 11.6 Å². The molecule has 4 N–H and O–H groups in total. The summed E-state index contributed by atoms with van der Waals surface area (Å²) in [4.78, 5) is 33.8. The minimum atomic E-state index is -0.389. The van der Waals surface area contributed by atoms with Gasteiger partial charge < -0.3 is 15.6 Å². The number of rotatable bonds is 8. The topological polar surface area (TPSA) is 141 Å². The Morgan fingerprint density at radius 1 is 0.950 bits per heavy atom. The van der Waals surface area contributed by atoms with Crippen LogP contribution in [0.3, 0.4) is 0 Å². The average molecular weight is 587 g/mol. The van der Waals surface area contributed by atoms with Crippen molar-refractivity contribution in [2.75, 3.05) is 10.6 Å². The van der Waals surface area contributed by atoms with Crippen molar-refractivity contribution in [1.29, 1.82) is 0 Å². The van der Waals surface area contributed by atoms with Gasteiger partial charge in [0, 0.05) is 27.1 Å². The van der Waals surface area contributed by atoms with Crippen LogP contribution in [0.15, 0.2) is 82.5 Å². The van der Waals surface area contributed by atoms with Crippen LogP contribution < -0.4 is 10.6 Å². The van der Waals surface area contributed by atoms with Gasteiger partial charge >= 0.3 is 0 Å². The smallest absolute Gasteiger partial charge is 0.275 e. The van der Waals surface area contributed by atoms with Gasteiger partial charge in [-0.1, -0.05) is 65.8 Å². The number of hydrogen-bond acceptors (Lipinski definition) is 8. The maximum Gasteiger partial charge on any atom is 0.275 e. The van der Waals surface area contributed by atoms with Gasteiger partial charge in [-0.3, -0.25) is 9.59 Å². The molecule has 0 fully saturated rings. The molecule has 198 valence electrons. The molecule has 0 aliphatic heterocycles. The number of nitrogens with one attached hydrogen (secondary N) is 4. The number of thiazole rings is 1. The summed E-state index contributed by atoms with van der Waals surface area (Å²) in [5, 5.41) is 22.7. The van der Waals surface area contributed by atoms with E-state index in [2.05, 4.69) is 53.4 Å². The van der Waals surface area contributed by atoms with Crippen LogP contribution in [-0.2, 0) is 5.75 Å². The molecule has 0 atom stereocenters. The van der Waals surface area contributed by atoms with Crippen LogP contribution in [0.5, 0.6) is 0 Å². The number of hydrogen-bond donors (Lipinski definition) is 4. The van der Waals surface area contributed by atoms with Crippen molar-refractivity contribution < 1.29 is 9.59 Å². The highest BCUT2D eigenvalue weighted by molar-refractivity contribution is 8.00. The highest BCUT2D eigenvalue weighted by Crippen LogP contribution is 2.30. The van der Waals surface area contributed by atoms with Gasteiger partial charge in [0.1, 0.15) is 11.4 Å². The number of H-pyrrole nitrogens is 2. The summed E-state index contributed by atoms with van der Waals surface area (Å²) < 4.78 is 0.813. The van der Waals surface area contributed by atoms with Crippen molar-refractivity contribution >= 4 is 68.8 Å². The minimum absolute atomic E-state index is 0.295. The van der Waals surface area contributed by atoms with Gasteiger partial charge in [-0.15, -0.1) is 21.5 Å². The van der Waals surface area contributed by atoms with Crippen LogP contribution in [-0.4, -0.2) is 42.4 Å². The number of thioether (sulfide) groups is 1. The van der Waals surface area contributed by atoms with E-state index in [-0.39, 0.29) is 11.8 Å². The summed E-state index contributed by atoms with van der Waals surface area (Å²) >= 11 is 9.16. The van der Waals surface area contributed by atoms with Gasteiger partial charge in [-0.2, -0.15) is 5.21 Å². The van der Waals surface area contributed by atoms with Crippen LogP contribution in [0.4, 0.5) is 11.4 Å². The molecule has 0 unspecified atom stereocenters. The Morgan fingerprint density at radius 2 is 1.80 bits per heavy atom. The maximum atomic E-state index is 13.2. The SMILES string of the molecule is O=C(Nc1cccc2cc(C(=O)Nc3ccc(Cl)cc3-c3nn[nH]n3)[nH]c12)c1csc(SCc2ccccc2)n1. The van der Waals surface area contributed by atoms with Crippen molar-refractivity contribution in [1.82, 2.24) is 30.6 Å². The van der Waals surface area contributed by atoms with Crippen LogP contribution in [0.25, 0.3) is 22.3 Å². The van der Waals surface area contributed by atoms with Crippen LogP contribution in [0.2, 0.25) is 5.02 Å². The number of carbonyl (C=O) groups excluding carboxylic acids is 2. The van der Waals surface area contributed by atoms with E-state index in [1.165, 1.54) is 16.9 Å². The third kappa shape index (κ3) is 5.59. The summed E-state index contributed by atoms with van der Waals surface area (Å²) in [6.45, 7) is 0. The molecule has 0 aliphatic rings. The van der Waals surface area contributed by atoms with Gasteiger partial charge in [-0.25, -0.2) is 4.98 Å². The Kier molecular flexibility index (Phi) is 7.27. The van der Waals surface area contributed by atoms with E-state index < -0.39 is 0 Å². The average Bonchev–Trinajstić information content (AvgIpc) is 3.75. The van der Waals surface area contributed by atoms with Crippen molar-refractivity contribution in [3.05, 3.63) is 100 Å². The Hall–Kier alpha value is -4.52. The predicted octanol–water partition coefficient (Wildman–Crippen LogP) is 6.25. The second-order valence-electron chi connectivity index (χ2n) is 8.56. The third-order valence-corrected chi connectivity index (χ3v) is 8.21. The Balaban J connectivity index is 1.18. The standard InChI is InChI=1S/C27H19ClN8O2S2/c28-17-9-10-19(18(12-17)24-33-35-36-34-24)30-25(37)21-11-16-7-4-8-20(23(16)29-21)31-26(38)22-14-40-27(32-22)39-13-15-5-2-1-3-6-15/h1-12,14,29H,13H2,(H,30,37)(H,31,38)(H,33,34,35,36). The number of amides is 2. The highest BCUT2D eigenvalue weighted by Gasteiger charge is 2.18. The molecule has 3 aromatic carbocycles. The lowest BCUT2D eigenvalue weighted by Crippen LogP contribution is -2.14.